The molecule has 186 valence electrons. The third kappa shape index (κ3) is 5.08. The van der Waals surface area contributed by atoms with E-state index >= 15 is 0 Å². The Morgan fingerprint density at radius 3 is 2.46 bits per heavy atom. The summed E-state index contributed by atoms with van der Waals surface area (Å²) in [7, 11) is -2.62. The number of rotatable bonds is 4. The van der Waals surface area contributed by atoms with E-state index in [1.807, 2.05) is 37.4 Å². The number of thiol groups is 1. The van der Waals surface area contributed by atoms with Crippen LogP contribution in [-0.4, -0.2) is 38.6 Å². The van der Waals surface area contributed by atoms with Crippen LogP contribution in [0.25, 0.3) is 55.6 Å². The summed E-state index contributed by atoms with van der Waals surface area (Å²) in [6.45, 7) is 2.02. The molecule has 9 nitrogen and oxygen atoms in total. The molecule has 0 aliphatic heterocycles. The average molecular weight is 516 g/mol. The highest BCUT2D eigenvalue weighted by Gasteiger charge is 2.16. The molecule has 0 amide bonds. The molecule has 4 N–H and O–H groups in total. The summed E-state index contributed by atoms with van der Waals surface area (Å²) in [6.07, 6.45) is 9.66. The van der Waals surface area contributed by atoms with Crippen LogP contribution in [0.5, 0.6) is 0 Å². The number of hydrogen-bond donors (Lipinski definition) is 4. The zero-order valence-electron chi connectivity index (χ0n) is 19.6. The molecule has 11 heteroatoms. The summed E-state index contributed by atoms with van der Waals surface area (Å²) in [5, 5.41) is 13.5. The number of pyridine rings is 3. The van der Waals surface area contributed by atoms with Crippen molar-refractivity contribution in [3.05, 3.63) is 84.8 Å². The Kier molecular flexibility index (Phi) is 6.71. The molecular formula is C26H22FN7O2S. The van der Waals surface area contributed by atoms with Gasteiger partial charge in [0, 0.05) is 46.7 Å². The first kappa shape index (κ1) is 24.2. The maximum atomic E-state index is 14.2. The van der Waals surface area contributed by atoms with Crippen molar-refractivity contribution in [1.82, 2.24) is 30.1 Å². The number of nitrogens with zero attached hydrogens (tertiary/aromatic N) is 4. The molecule has 0 saturated heterocycles. The van der Waals surface area contributed by atoms with E-state index in [2.05, 4.69) is 41.3 Å². The van der Waals surface area contributed by atoms with Crippen LogP contribution in [0.3, 0.4) is 0 Å². The normalized spacial score (nSPS) is 11.1. The van der Waals surface area contributed by atoms with Crippen LogP contribution in [0.2, 0.25) is 0 Å². The van der Waals surface area contributed by atoms with E-state index in [-0.39, 0.29) is 5.82 Å². The molecule has 5 heterocycles. The zero-order chi connectivity index (χ0) is 25.9. The van der Waals surface area contributed by atoms with Gasteiger partial charge in [-0.2, -0.15) is 5.10 Å². The number of halogens is 1. The standard InChI is InChI=1S/C26H19FN6.H3NO2S/c1-2-15-7-17(9-19(27)8-15)22-13-29-14-24-20(22)11-23(31-24)25-21-10-18(12-30-26(21)33-32-25)16-3-5-28-6-4-16;1-4(2)3/h3-14,31H,2H2,1H3,(H,30,32,33);4H,(H2,1,2,3). The van der Waals surface area contributed by atoms with Crippen LogP contribution < -0.4 is 5.14 Å². The molecule has 0 fully saturated rings. The Labute approximate surface area is 212 Å². The average Bonchev–Trinajstić information content (AvgIpc) is 3.52. The van der Waals surface area contributed by atoms with Gasteiger partial charge in [0.15, 0.2) is 16.5 Å². The first-order valence-electron chi connectivity index (χ1n) is 11.3. The van der Waals surface area contributed by atoms with Crippen molar-refractivity contribution in [2.75, 3.05) is 0 Å². The molecule has 5 aromatic heterocycles. The Morgan fingerprint density at radius 1 is 0.919 bits per heavy atom. The quantitative estimate of drug-likeness (QED) is 0.256. The number of fused-ring (bicyclic) bond motifs is 2. The summed E-state index contributed by atoms with van der Waals surface area (Å²) >= 11 is 0. The predicted molar refractivity (Wildman–Crippen MR) is 141 cm³/mol. The van der Waals surface area contributed by atoms with Crippen molar-refractivity contribution in [3.8, 4) is 33.6 Å². The van der Waals surface area contributed by atoms with Crippen LogP contribution in [0, 0.1) is 5.82 Å². The summed E-state index contributed by atoms with van der Waals surface area (Å²) in [4.78, 5) is 16.4. The van der Waals surface area contributed by atoms with Crippen molar-refractivity contribution in [3.63, 3.8) is 0 Å². The number of aromatic amines is 2. The first-order chi connectivity index (χ1) is 17.9. The van der Waals surface area contributed by atoms with Gasteiger partial charge in [-0.15, -0.1) is 0 Å². The van der Waals surface area contributed by atoms with Crippen LogP contribution in [0.1, 0.15) is 12.5 Å². The topological polar surface area (TPSA) is 143 Å². The van der Waals surface area contributed by atoms with Gasteiger partial charge < -0.3 is 4.98 Å². The van der Waals surface area contributed by atoms with E-state index in [4.69, 9.17) is 8.42 Å². The summed E-state index contributed by atoms with van der Waals surface area (Å²) in [5.74, 6) is -0.245. The van der Waals surface area contributed by atoms with E-state index in [1.165, 1.54) is 0 Å². The number of aromatic nitrogens is 6. The maximum Gasteiger partial charge on any atom is 0.198 e. The van der Waals surface area contributed by atoms with E-state index in [1.54, 1.807) is 36.9 Å². The van der Waals surface area contributed by atoms with Gasteiger partial charge >= 0.3 is 0 Å². The monoisotopic (exact) mass is 515 g/mol. The van der Waals surface area contributed by atoms with E-state index in [9.17, 15) is 4.39 Å². The van der Waals surface area contributed by atoms with Gasteiger partial charge in [0.05, 0.1) is 17.4 Å². The number of hydrogen-bond acceptors (Lipinski definition) is 6. The van der Waals surface area contributed by atoms with Crippen LogP contribution >= 0.6 is 0 Å². The molecule has 6 aromatic rings. The van der Waals surface area contributed by atoms with E-state index in [0.29, 0.717) is 5.65 Å². The minimum Gasteiger partial charge on any atom is -0.352 e. The number of aryl methyl sites for hydroxylation is 1. The van der Waals surface area contributed by atoms with Gasteiger partial charge in [-0.25, -0.2) is 22.9 Å². The Morgan fingerprint density at radius 2 is 1.70 bits per heavy atom. The van der Waals surface area contributed by atoms with Gasteiger partial charge in [-0.05, 0) is 59.5 Å². The van der Waals surface area contributed by atoms with Crippen LogP contribution in [-0.2, 0) is 17.3 Å². The Bertz CT molecular complexity index is 1790. The van der Waals surface area contributed by atoms with Gasteiger partial charge in [-0.3, -0.25) is 15.1 Å². The highest BCUT2D eigenvalue weighted by atomic mass is 32.2. The van der Waals surface area contributed by atoms with Crippen LogP contribution in [0.4, 0.5) is 4.39 Å². The summed E-state index contributed by atoms with van der Waals surface area (Å²) < 4.78 is 31.9. The molecule has 37 heavy (non-hydrogen) atoms. The molecular weight excluding hydrogens is 493 g/mol. The fourth-order valence-electron chi connectivity index (χ4n) is 4.23. The number of H-pyrrole nitrogens is 2. The molecule has 6 rings (SSSR count). The van der Waals surface area contributed by atoms with Gasteiger partial charge in [0.25, 0.3) is 0 Å². The van der Waals surface area contributed by atoms with Gasteiger partial charge in [0.1, 0.15) is 11.5 Å². The van der Waals surface area contributed by atoms with E-state index in [0.717, 1.165) is 61.9 Å². The largest absolute Gasteiger partial charge is 0.352 e. The van der Waals surface area contributed by atoms with Crippen LogP contribution in [0.15, 0.2) is 73.4 Å². The molecule has 0 saturated carbocycles. The number of nitrogens with one attached hydrogen (secondary N) is 2. The fourth-order valence-corrected chi connectivity index (χ4v) is 4.23. The van der Waals surface area contributed by atoms with Crippen molar-refractivity contribution >= 4 is 32.8 Å². The fraction of sp³-hybridized carbons (Fsp3) is 0.0769. The highest BCUT2D eigenvalue weighted by Crippen LogP contribution is 2.34. The second-order valence-electron chi connectivity index (χ2n) is 8.25. The second kappa shape index (κ2) is 10.2. The molecule has 0 bridgehead atoms. The summed E-state index contributed by atoms with van der Waals surface area (Å²) in [5.41, 5.74) is 7.83. The van der Waals surface area contributed by atoms with Crippen molar-refractivity contribution in [2.45, 2.75) is 13.3 Å². The smallest absolute Gasteiger partial charge is 0.198 e. The number of benzene rings is 1. The van der Waals surface area contributed by atoms with Gasteiger partial charge in [-0.1, -0.05) is 13.0 Å². The second-order valence-corrected chi connectivity index (χ2v) is 8.82. The molecule has 1 aromatic carbocycles. The lowest BCUT2D eigenvalue weighted by molar-refractivity contribution is 0.616. The SMILES string of the molecule is CCc1cc(F)cc(-c2cncc3[nH]c(-c4n[nH]c5ncc(-c6ccncc6)cc45)cc23)c1.N[SH](=O)=O. The predicted octanol–water partition coefficient (Wildman–Crippen LogP) is 4.40. The molecule has 0 radical (unpaired) electrons. The molecule has 0 aliphatic rings. The Hall–Kier alpha value is -4.48. The van der Waals surface area contributed by atoms with E-state index < -0.39 is 10.9 Å². The third-order valence-electron chi connectivity index (χ3n) is 5.91. The molecule has 0 atom stereocenters. The maximum absolute atomic E-state index is 14.2. The lowest BCUT2D eigenvalue weighted by Gasteiger charge is -2.06. The van der Waals surface area contributed by atoms with Crippen molar-refractivity contribution in [2.24, 2.45) is 5.14 Å². The first-order valence-corrected chi connectivity index (χ1v) is 12.6. The highest BCUT2D eigenvalue weighted by molar-refractivity contribution is 7.69. The molecule has 0 aliphatic carbocycles. The van der Waals surface area contributed by atoms with Crippen molar-refractivity contribution in [1.29, 1.82) is 0 Å². The Balaban J connectivity index is 0.000000655. The van der Waals surface area contributed by atoms with Crippen molar-refractivity contribution < 1.29 is 12.8 Å². The molecule has 0 unspecified atom stereocenters. The van der Waals surface area contributed by atoms with Gasteiger partial charge in [0.2, 0.25) is 0 Å². The minimum absolute atomic E-state index is 0.245. The molecule has 0 spiro atoms. The third-order valence-corrected chi connectivity index (χ3v) is 5.91. The number of nitrogens with two attached hydrogens (primary N) is 1. The lowest BCUT2D eigenvalue weighted by atomic mass is 10.0. The zero-order valence-corrected chi connectivity index (χ0v) is 20.5. The minimum atomic E-state index is -2.62. The summed E-state index contributed by atoms with van der Waals surface area (Å²) in [6, 6.07) is 13.2. The lowest BCUT2D eigenvalue weighted by Crippen LogP contribution is -1.88.